The number of pyridine rings is 2. The van der Waals surface area contributed by atoms with Gasteiger partial charge >= 0.3 is 0 Å². The third-order valence-corrected chi connectivity index (χ3v) is 6.25. The molecule has 1 aliphatic heterocycles. The van der Waals surface area contributed by atoms with Crippen LogP contribution < -0.4 is 11.1 Å². The number of morpholine rings is 1. The first-order valence-electron chi connectivity index (χ1n) is 11.8. The van der Waals surface area contributed by atoms with Crippen molar-refractivity contribution < 1.29 is 23.1 Å². The molecule has 0 saturated carbocycles. The molecule has 5 rings (SSSR count). The molecule has 0 radical (unpaired) electrons. The Balaban J connectivity index is 1.29. The number of rotatable bonds is 6. The molecule has 3 aromatic heterocycles. The highest BCUT2D eigenvalue weighted by Gasteiger charge is 2.23. The molecule has 11 heteroatoms. The minimum atomic E-state index is -0.714. The number of hydrogen-bond donors (Lipinski definition) is 2. The van der Waals surface area contributed by atoms with Crippen LogP contribution in [0.5, 0.6) is 0 Å². The van der Waals surface area contributed by atoms with E-state index in [4.69, 9.17) is 26.5 Å². The van der Waals surface area contributed by atoms with Gasteiger partial charge in [-0.15, -0.1) is 0 Å². The molecular formula is C27H23ClFN5O4. The second-order valence-corrected chi connectivity index (χ2v) is 9.02. The quantitative estimate of drug-likeness (QED) is 0.357. The van der Waals surface area contributed by atoms with Crippen LogP contribution in [0.4, 0.5) is 10.2 Å². The van der Waals surface area contributed by atoms with E-state index in [0.29, 0.717) is 65.0 Å². The van der Waals surface area contributed by atoms with Gasteiger partial charge in [0.15, 0.2) is 17.1 Å². The van der Waals surface area contributed by atoms with Gasteiger partial charge in [0.05, 0.1) is 24.8 Å². The third-order valence-electron chi connectivity index (χ3n) is 5.97. The van der Waals surface area contributed by atoms with Crippen LogP contribution in [-0.4, -0.2) is 53.0 Å². The van der Waals surface area contributed by atoms with E-state index in [2.05, 4.69) is 15.3 Å². The fraction of sp³-hybridized carbons (Fsp3) is 0.185. The lowest BCUT2D eigenvalue weighted by atomic mass is 10.0. The van der Waals surface area contributed by atoms with E-state index in [9.17, 15) is 14.0 Å². The van der Waals surface area contributed by atoms with Crippen molar-refractivity contribution in [2.45, 2.75) is 6.54 Å². The summed E-state index contributed by atoms with van der Waals surface area (Å²) in [7, 11) is 0. The van der Waals surface area contributed by atoms with Crippen molar-refractivity contribution in [1.29, 1.82) is 0 Å². The molecule has 0 unspecified atom stereocenters. The number of benzene rings is 1. The van der Waals surface area contributed by atoms with E-state index in [0.717, 1.165) is 5.56 Å². The molecule has 0 atom stereocenters. The topological polar surface area (TPSA) is 124 Å². The van der Waals surface area contributed by atoms with Crippen LogP contribution in [0.1, 0.15) is 21.8 Å². The number of carbonyl (C=O) groups excluding carboxylic acids is 2. The predicted octanol–water partition coefficient (Wildman–Crippen LogP) is 4.07. The van der Waals surface area contributed by atoms with Gasteiger partial charge < -0.3 is 25.1 Å². The molecule has 194 valence electrons. The van der Waals surface area contributed by atoms with Crippen molar-refractivity contribution in [2.75, 3.05) is 32.0 Å². The second-order valence-electron chi connectivity index (χ2n) is 8.62. The Morgan fingerprint density at radius 1 is 1.11 bits per heavy atom. The van der Waals surface area contributed by atoms with Gasteiger partial charge in [-0.25, -0.2) is 14.4 Å². The molecule has 38 heavy (non-hydrogen) atoms. The van der Waals surface area contributed by atoms with E-state index >= 15 is 0 Å². The predicted molar refractivity (Wildman–Crippen MR) is 141 cm³/mol. The number of nitrogens with zero attached hydrogens (tertiary/aromatic N) is 3. The number of amides is 2. The first-order chi connectivity index (χ1) is 18.4. The standard InChI is InChI=1S/C27H23ClFN5O4/c28-21-11-17(19-12-22(29)25(33-14-19)27(36)34-5-7-37-8-6-34)9-18-10-20(38-26(18)21)15-32-24(35)4-2-16-1-3-23(30)31-13-16/h1-4,9-14H,5-8,15H2,(H2,30,31)(H,32,35)/b4-2+. The highest BCUT2D eigenvalue weighted by Crippen LogP contribution is 2.33. The maximum atomic E-state index is 14.9. The van der Waals surface area contributed by atoms with Crippen LogP contribution in [0.25, 0.3) is 28.2 Å². The molecule has 4 heterocycles. The lowest BCUT2D eigenvalue weighted by Crippen LogP contribution is -2.41. The van der Waals surface area contributed by atoms with E-state index in [-0.39, 0.29) is 18.1 Å². The SMILES string of the molecule is Nc1ccc(/C=C/C(=O)NCc2cc3cc(-c4cnc(C(=O)N5CCOCC5)c(F)c4)cc(Cl)c3o2)cn1. The van der Waals surface area contributed by atoms with E-state index in [1.807, 2.05) is 0 Å². The van der Waals surface area contributed by atoms with E-state index in [1.165, 1.54) is 23.2 Å². The Hall–Kier alpha value is -4.28. The van der Waals surface area contributed by atoms with Gasteiger partial charge in [-0.1, -0.05) is 11.6 Å². The van der Waals surface area contributed by atoms with Crippen LogP contribution in [0.15, 0.2) is 59.3 Å². The lowest BCUT2D eigenvalue weighted by Gasteiger charge is -2.26. The Labute approximate surface area is 222 Å². The van der Waals surface area contributed by atoms with Gasteiger partial charge in [0.25, 0.3) is 5.91 Å². The van der Waals surface area contributed by atoms with Gasteiger partial charge in [0.1, 0.15) is 11.6 Å². The number of anilines is 1. The summed E-state index contributed by atoms with van der Waals surface area (Å²) in [5.74, 6) is -0.607. The number of nitrogens with two attached hydrogens (primary N) is 1. The summed E-state index contributed by atoms with van der Waals surface area (Å²) in [5.41, 5.74) is 7.57. The Morgan fingerprint density at radius 3 is 2.66 bits per heavy atom. The van der Waals surface area contributed by atoms with E-state index in [1.54, 1.807) is 42.6 Å². The number of hydrogen-bond acceptors (Lipinski definition) is 7. The van der Waals surface area contributed by atoms with Crippen LogP contribution in [0, 0.1) is 5.82 Å². The molecule has 2 amide bonds. The smallest absolute Gasteiger partial charge is 0.275 e. The maximum Gasteiger partial charge on any atom is 0.275 e. The molecule has 0 spiro atoms. The number of fused-ring (bicyclic) bond motifs is 1. The largest absolute Gasteiger partial charge is 0.458 e. The summed E-state index contributed by atoms with van der Waals surface area (Å²) in [6.07, 6.45) is 6.01. The Bertz CT molecular complexity index is 1530. The highest BCUT2D eigenvalue weighted by molar-refractivity contribution is 6.35. The second kappa shape index (κ2) is 11.0. The van der Waals surface area contributed by atoms with E-state index < -0.39 is 11.7 Å². The molecule has 0 aliphatic carbocycles. The van der Waals surface area contributed by atoms with Crippen molar-refractivity contribution in [1.82, 2.24) is 20.2 Å². The molecule has 4 aromatic rings. The number of aromatic nitrogens is 2. The number of halogens is 2. The van der Waals surface area contributed by atoms with Crippen molar-refractivity contribution in [3.63, 3.8) is 0 Å². The van der Waals surface area contributed by atoms with Crippen LogP contribution >= 0.6 is 11.6 Å². The summed E-state index contributed by atoms with van der Waals surface area (Å²) >= 11 is 6.45. The summed E-state index contributed by atoms with van der Waals surface area (Å²) in [5, 5.41) is 3.74. The molecule has 0 bridgehead atoms. The fourth-order valence-electron chi connectivity index (χ4n) is 4.01. The van der Waals surface area contributed by atoms with Crippen LogP contribution in [0.3, 0.4) is 0 Å². The minimum Gasteiger partial charge on any atom is -0.458 e. The number of nitrogen functional groups attached to an aromatic ring is 1. The molecule has 1 aromatic carbocycles. The third kappa shape index (κ3) is 5.66. The molecule has 3 N–H and O–H groups in total. The van der Waals surface area contributed by atoms with Gasteiger partial charge in [0, 0.05) is 42.5 Å². The molecule has 9 nitrogen and oxygen atoms in total. The minimum absolute atomic E-state index is 0.137. The average molecular weight is 536 g/mol. The zero-order valence-electron chi connectivity index (χ0n) is 20.1. The summed E-state index contributed by atoms with van der Waals surface area (Å²) in [6.45, 7) is 1.76. The van der Waals surface area contributed by atoms with Crippen LogP contribution in [0.2, 0.25) is 5.02 Å². The normalized spacial score (nSPS) is 13.8. The molecule has 1 fully saturated rings. The zero-order chi connectivity index (χ0) is 26.6. The maximum absolute atomic E-state index is 14.9. The van der Waals surface area contributed by atoms with Gasteiger partial charge in [-0.05, 0) is 53.6 Å². The number of ether oxygens (including phenoxy) is 1. The Kier molecular flexibility index (Phi) is 7.34. The Morgan fingerprint density at radius 2 is 1.92 bits per heavy atom. The number of carbonyl (C=O) groups is 2. The first-order valence-corrected chi connectivity index (χ1v) is 12.2. The van der Waals surface area contributed by atoms with Gasteiger partial charge in [0.2, 0.25) is 5.91 Å². The van der Waals surface area contributed by atoms with Crippen molar-refractivity contribution in [3.8, 4) is 11.1 Å². The van der Waals surface area contributed by atoms with Gasteiger partial charge in [-0.3, -0.25) is 9.59 Å². The average Bonchev–Trinajstić information content (AvgIpc) is 3.35. The summed E-state index contributed by atoms with van der Waals surface area (Å²) in [6, 6.07) is 9.83. The van der Waals surface area contributed by atoms with Crippen molar-refractivity contribution in [3.05, 3.63) is 82.7 Å². The molecule has 1 saturated heterocycles. The fourth-order valence-corrected chi connectivity index (χ4v) is 4.27. The van der Waals surface area contributed by atoms with Crippen molar-refractivity contribution in [2.24, 2.45) is 0 Å². The first kappa shape index (κ1) is 25.4. The summed E-state index contributed by atoms with van der Waals surface area (Å²) < 4.78 is 25.9. The highest BCUT2D eigenvalue weighted by atomic mass is 35.5. The molecular weight excluding hydrogens is 513 g/mol. The molecule has 1 aliphatic rings. The zero-order valence-corrected chi connectivity index (χ0v) is 20.9. The number of nitrogens with one attached hydrogen (secondary N) is 1. The monoisotopic (exact) mass is 535 g/mol. The van der Waals surface area contributed by atoms with Gasteiger partial charge in [-0.2, -0.15) is 0 Å². The number of furan rings is 1. The van der Waals surface area contributed by atoms with Crippen LogP contribution in [-0.2, 0) is 16.1 Å². The van der Waals surface area contributed by atoms with Crippen molar-refractivity contribution >= 4 is 46.3 Å². The summed E-state index contributed by atoms with van der Waals surface area (Å²) in [4.78, 5) is 34.4. The lowest BCUT2D eigenvalue weighted by molar-refractivity contribution is -0.116.